The van der Waals surface area contributed by atoms with Gasteiger partial charge in [0.1, 0.15) is 0 Å². The van der Waals surface area contributed by atoms with Crippen molar-refractivity contribution in [1.82, 2.24) is 14.5 Å². The fraction of sp³-hybridized carbons (Fsp3) is 0.571. The first-order valence-electron chi connectivity index (χ1n) is 3.97. The molecule has 0 atom stereocenters. The minimum Gasteiger partial charge on any atom is -0.273 e. The first kappa shape index (κ1) is 10.2. The molecule has 0 saturated carbocycles. The largest absolute Gasteiger partial charge is 0.273 e. The Hall–Kier alpha value is -0.880. The highest BCUT2D eigenvalue weighted by molar-refractivity contribution is 7.88. The summed E-state index contributed by atoms with van der Waals surface area (Å²) >= 11 is 0. The van der Waals surface area contributed by atoms with Crippen LogP contribution in [-0.2, 0) is 23.1 Å². The van der Waals surface area contributed by atoms with Gasteiger partial charge in [-0.2, -0.15) is 5.10 Å². The molecular formula is C7H13N3O2S. The average molecular weight is 203 g/mol. The van der Waals surface area contributed by atoms with Crippen molar-refractivity contribution in [3.05, 3.63) is 18.0 Å². The molecule has 0 aromatic carbocycles. The summed E-state index contributed by atoms with van der Waals surface area (Å²) in [6.45, 7) is 3.07. The molecule has 1 heterocycles. The van der Waals surface area contributed by atoms with Crippen LogP contribution in [0, 0.1) is 0 Å². The molecule has 0 aliphatic carbocycles. The lowest BCUT2D eigenvalue weighted by Gasteiger charge is -1.97. The van der Waals surface area contributed by atoms with Crippen molar-refractivity contribution in [3.8, 4) is 0 Å². The lowest BCUT2D eigenvalue weighted by Crippen LogP contribution is -2.20. The van der Waals surface area contributed by atoms with E-state index in [1.807, 2.05) is 13.1 Å². The van der Waals surface area contributed by atoms with Crippen LogP contribution in [0.3, 0.4) is 0 Å². The molecule has 0 bridgehead atoms. The van der Waals surface area contributed by atoms with Crippen molar-refractivity contribution in [3.63, 3.8) is 0 Å². The van der Waals surface area contributed by atoms with E-state index in [0.717, 1.165) is 18.4 Å². The maximum absolute atomic E-state index is 10.7. The lowest BCUT2D eigenvalue weighted by atomic mass is 10.4. The van der Waals surface area contributed by atoms with Gasteiger partial charge in [0.25, 0.3) is 0 Å². The smallest absolute Gasteiger partial charge is 0.209 e. The maximum atomic E-state index is 10.7. The molecule has 6 heteroatoms. The molecule has 13 heavy (non-hydrogen) atoms. The van der Waals surface area contributed by atoms with Gasteiger partial charge in [0.2, 0.25) is 10.0 Å². The van der Waals surface area contributed by atoms with Gasteiger partial charge in [-0.3, -0.25) is 4.68 Å². The van der Waals surface area contributed by atoms with Crippen LogP contribution < -0.4 is 4.72 Å². The van der Waals surface area contributed by atoms with Gasteiger partial charge in [-0.15, -0.1) is 0 Å². The molecule has 1 N–H and O–H groups in total. The van der Waals surface area contributed by atoms with Crippen molar-refractivity contribution in [2.75, 3.05) is 6.26 Å². The summed E-state index contributed by atoms with van der Waals surface area (Å²) in [7, 11) is -3.11. The molecule has 0 aliphatic heterocycles. The predicted octanol–water partition coefficient (Wildman–Crippen LogP) is -0.0478. The van der Waals surface area contributed by atoms with E-state index < -0.39 is 10.0 Å². The molecule has 0 unspecified atom stereocenters. The van der Waals surface area contributed by atoms with Crippen molar-refractivity contribution in [2.45, 2.75) is 20.0 Å². The van der Waals surface area contributed by atoms with Gasteiger partial charge < -0.3 is 0 Å². The molecule has 0 saturated heterocycles. The van der Waals surface area contributed by atoms with E-state index in [2.05, 4.69) is 9.82 Å². The van der Waals surface area contributed by atoms with Crippen LogP contribution in [0.25, 0.3) is 0 Å². The fourth-order valence-corrected chi connectivity index (χ4v) is 1.31. The van der Waals surface area contributed by atoms with Gasteiger partial charge in [0.05, 0.1) is 12.5 Å². The number of sulfonamides is 1. The summed E-state index contributed by atoms with van der Waals surface area (Å²) in [6.07, 6.45) is 4.61. The topological polar surface area (TPSA) is 64.0 Å². The Labute approximate surface area is 77.8 Å². The number of hydrogen-bond donors (Lipinski definition) is 1. The van der Waals surface area contributed by atoms with E-state index in [0.29, 0.717) is 6.54 Å². The number of hydrogen-bond acceptors (Lipinski definition) is 3. The second-order valence-electron chi connectivity index (χ2n) is 2.80. The Bertz CT molecular complexity index is 369. The zero-order valence-electron chi connectivity index (χ0n) is 7.69. The number of aromatic nitrogens is 2. The second-order valence-corrected chi connectivity index (χ2v) is 4.63. The quantitative estimate of drug-likeness (QED) is 0.746. The normalized spacial score (nSPS) is 11.8. The van der Waals surface area contributed by atoms with Crippen LogP contribution in [0.5, 0.6) is 0 Å². The lowest BCUT2D eigenvalue weighted by molar-refractivity contribution is 0.587. The Morgan fingerprint density at radius 1 is 1.62 bits per heavy atom. The molecule has 0 spiro atoms. The van der Waals surface area contributed by atoms with Crippen LogP contribution in [0.15, 0.2) is 12.4 Å². The third kappa shape index (κ3) is 3.56. The molecule has 0 amide bonds. The minimum atomic E-state index is -3.11. The average Bonchev–Trinajstić information content (AvgIpc) is 2.47. The van der Waals surface area contributed by atoms with Crippen molar-refractivity contribution in [1.29, 1.82) is 0 Å². The third-order valence-corrected chi connectivity index (χ3v) is 2.22. The minimum absolute atomic E-state index is 0.304. The summed E-state index contributed by atoms with van der Waals surface area (Å²) < 4.78 is 25.6. The molecule has 5 nitrogen and oxygen atoms in total. The van der Waals surface area contributed by atoms with Gasteiger partial charge in [0.15, 0.2) is 0 Å². The monoisotopic (exact) mass is 203 g/mol. The van der Waals surface area contributed by atoms with Crippen LogP contribution in [-0.4, -0.2) is 24.5 Å². The van der Waals surface area contributed by atoms with Gasteiger partial charge in [-0.1, -0.05) is 0 Å². The summed E-state index contributed by atoms with van der Waals surface area (Å²) in [5, 5.41) is 4.02. The van der Waals surface area contributed by atoms with E-state index in [9.17, 15) is 8.42 Å². The predicted molar refractivity (Wildman–Crippen MR) is 49.6 cm³/mol. The molecule has 0 aliphatic rings. The number of nitrogens with zero attached hydrogens (tertiary/aromatic N) is 2. The standard InChI is InChI=1S/C7H13N3O2S/c1-3-10-6-7(4-8-10)5-9-13(2,11)12/h4,6,9H,3,5H2,1-2H3. The maximum Gasteiger partial charge on any atom is 0.209 e. The van der Waals surface area contributed by atoms with E-state index in [1.54, 1.807) is 10.9 Å². The molecule has 1 aromatic heterocycles. The first-order chi connectivity index (χ1) is 6.01. The highest BCUT2D eigenvalue weighted by Crippen LogP contribution is 1.97. The zero-order chi connectivity index (χ0) is 9.90. The van der Waals surface area contributed by atoms with Crippen molar-refractivity contribution >= 4 is 10.0 Å². The molecule has 1 rings (SSSR count). The van der Waals surface area contributed by atoms with Gasteiger partial charge >= 0.3 is 0 Å². The van der Waals surface area contributed by atoms with Gasteiger partial charge in [-0.25, -0.2) is 13.1 Å². The number of nitrogens with one attached hydrogen (secondary N) is 1. The summed E-state index contributed by atoms with van der Waals surface area (Å²) in [5.74, 6) is 0. The van der Waals surface area contributed by atoms with Gasteiger partial charge in [-0.05, 0) is 6.92 Å². The Kier molecular flexibility index (Phi) is 3.05. The molecular weight excluding hydrogens is 190 g/mol. The number of aryl methyl sites for hydroxylation is 1. The zero-order valence-corrected chi connectivity index (χ0v) is 8.50. The van der Waals surface area contributed by atoms with Crippen molar-refractivity contribution in [2.24, 2.45) is 0 Å². The highest BCUT2D eigenvalue weighted by atomic mass is 32.2. The highest BCUT2D eigenvalue weighted by Gasteiger charge is 2.02. The Balaban J connectivity index is 2.55. The van der Waals surface area contributed by atoms with E-state index in [4.69, 9.17) is 0 Å². The summed E-state index contributed by atoms with van der Waals surface area (Å²) in [5.41, 5.74) is 0.868. The summed E-state index contributed by atoms with van der Waals surface area (Å²) in [6, 6.07) is 0. The van der Waals surface area contributed by atoms with Crippen LogP contribution in [0.4, 0.5) is 0 Å². The van der Waals surface area contributed by atoms with Crippen LogP contribution in [0.1, 0.15) is 12.5 Å². The fourth-order valence-electron chi connectivity index (χ4n) is 0.885. The molecule has 1 aromatic rings. The molecule has 74 valence electrons. The molecule has 0 radical (unpaired) electrons. The van der Waals surface area contributed by atoms with E-state index >= 15 is 0 Å². The van der Waals surface area contributed by atoms with Crippen LogP contribution >= 0.6 is 0 Å². The number of rotatable bonds is 4. The van der Waals surface area contributed by atoms with E-state index in [-0.39, 0.29) is 0 Å². The second kappa shape index (κ2) is 3.89. The van der Waals surface area contributed by atoms with Gasteiger partial charge in [0, 0.05) is 24.8 Å². The third-order valence-electron chi connectivity index (χ3n) is 1.55. The summed E-state index contributed by atoms with van der Waals surface area (Å²) in [4.78, 5) is 0. The molecule has 0 fully saturated rings. The first-order valence-corrected chi connectivity index (χ1v) is 5.86. The Morgan fingerprint density at radius 3 is 2.77 bits per heavy atom. The SMILES string of the molecule is CCn1cc(CNS(C)(=O)=O)cn1. The van der Waals surface area contributed by atoms with E-state index in [1.165, 1.54) is 0 Å². The van der Waals surface area contributed by atoms with Crippen molar-refractivity contribution < 1.29 is 8.42 Å². The van der Waals surface area contributed by atoms with Crippen LogP contribution in [0.2, 0.25) is 0 Å². The Morgan fingerprint density at radius 2 is 2.31 bits per heavy atom.